The number of carbonyl (C=O) groups is 2. The summed E-state index contributed by atoms with van der Waals surface area (Å²) in [5, 5.41) is 8.76. The molecule has 0 spiro atoms. The predicted octanol–water partition coefficient (Wildman–Crippen LogP) is 6.30. The van der Waals surface area contributed by atoms with Crippen LogP contribution in [0.4, 0.5) is 10.5 Å². The van der Waals surface area contributed by atoms with E-state index in [2.05, 4.69) is 39.1 Å². The van der Waals surface area contributed by atoms with Crippen molar-refractivity contribution in [1.82, 2.24) is 20.0 Å². The van der Waals surface area contributed by atoms with Gasteiger partial charge in [-0.15, -0.1) is 0 Å². The summed E-state index contributed by atoms with van der Waals surface area (Å²) in [5.41, 5.74) is 2.42. The Morgan fingerprint density at radius 1 is 0.979 bits per heavy atom. The van der Waals surface area contributed by atoms with Crippen LogP contribution in [0.1, 0.15) is 65.4 Å². The third kappa shape index (κ3) is 8.04. The molecule has 10 nitrogen and oxygen atoms in total. The Kier molecular flexibility index (Phi) is 11.0. The van der Waals surface area contributed by atoms with E-state index in [1.807, 2.05) is 69.3 Å². The topological polar surface area (TPSA) is 97.3 Å². The number of nitrogens with zero attached hydrogens (tertiary/aromatic N) is 5. The van der Waals surface area contributed by atoms with Crippen molar-refractivity contribution in [3.63, 3.8) is 0 Å². The van der Waals surface area contributed by atoms with E-state index >= 15 is 0 Å². The summed E-state index contributed by atoms with van der Waals surface area (Å²) in [6, 6.07) is 20.1. The summed E-state index contributed by atoms with van der Waals surface area (Å²) in [6.07, 6.45) is 5.22. The van der Waals surface area contributed by atoms with Gasteiger partial charge in [-0.05, 0) is 76.6 Å². The Morgan fingerprint density at radius 2 is 1.66 bits per heavy atom. The average molecular weight is 644 g/mol. The van der Waals surface area contributed by atoms with E-state index in [0.717, 1.165) is 41.8 Å². The molecule has 252 valence electrons. The van der Waals surface area contributed by atoms with Crippen LogP contribution < -0.4 is 9.64 Å². The molecule has 2 saturated heterocycles. The lowest BCUT2D eigenvalue weighted by molar-refractivity contribution is -0.142. The summed E-state index contributed by atoms with van der Waals surface area (Å²) in [7, 11) is 1.59. The molecule has 47 heavy (non-hydrogen) atoms. The molecule has 10 heteroatoms. The highest BCUT2D eigenvalue weighted by molar-refractivity contribution is 5.89. The van der Waals surface area contributed by atoms with E-state index in [4.69, 9.17) is 14.2 Å². The second-order valence-electron chi connectivity index (χ2n) is 13.5. The molecule has 0 unspecified atom stereocenters. The lowest BCUT2D eigenvalue weighted by Crippen LogP contribution is -2.57. The van der Waals surface area contributed by atoms with Crippen molar-refractivity contribution >= 4 is 17.7 Å². The molecule has 0 aliphatic carbocycles. The minimum Gasteiger partial charge on any atom is -0.467 e. The third-order valence-electron chi connectivity index (χ3n) is 9.14. The highest BCUT2D eigenvalue weighted by atomic mass is 16.7. The first-order valence-corrected chi connectivity index (χ1v) is 16.8. The fourth-order valence-corrected chi connectivity index (χ4v) is 6.77. The lowest BCUT2D eigenvalue weighted by Gasteiger charge is -2.47. The second kappa shape index (κ2) is 15.2. The largest absolute Gasteiger partial charge is 0.467 e. The molecule has 5 rings (SSSR count). The molecule has 2 aliphatic heterocycles. The molecule has 3 heterocycles. The second-order valence-corrected chi connectivity index (χ2v) is 13.5. The van der Waals surface area contributed by atoms with E-state index in [1.54, 1.807) is 18.2 Å². The monoisotopic (exact) mass is 643 g/mol. The van der Waals surface area contributed by atoms with Crippen molar-refractivity contribution in [1.29, 1.82) is 0 Å². The van der Waals surface area contributed by atoms with Gasteiger partial charge in [-0.3, -0.25) is 4.79 Å². The van der Waals surface area contributed by atoms with Gasteiger partial charge < -0.3 is 28.9 Å². The number of methoxy groups -OCH3 is 1. The summed E-state index contributed by atoms with van der Waals surface area (Å²) < 4.78 is 16.5. The Morgan fingerprint density at radius 3 is 2.32 bits per heavy atom. The number of ether oxygens (including phenoxy) is 3. The van der Waals surface area contributed by atoms with Crippen molar-refractivity contribution in [3.8, 4) is 17.0 Å². The Balaban J connectivity index is 1.35. The van der Waals surface area contributed by atoms with Crippen molar-refractivity contribution in [2.75, 3.05) is 51.5 Å². The number of rotatable bonds is 10. The van der Waals surface area contributed by atoms with Gasteiger partial charge in [-0.2, -0.15) is 10.2 Å². The quantitative estimate of drug-likeness (QED) is 0.238. The minimum atomic E-state index is -0.640. The van der Waals surface area contributed by atoms with Gasteiger partial charge in [0.1, 0.15) is 11.4 Å². The number of carbonyl (C=O) groups excluding carboxylic acids is 2. The van der Waals surface area contributed by atoms with Gasteiger partial charge in [0.15, 0.2) is 6.79 Å². The van der Waals surface area contributed by atoms with Gasteiger partial charge >= 0.3 is 6.09 Å². The zero-order valence-electron chi connectivity index (χ0n) is 28.5. The number of aromatic nitrogens is 2. The van der Waals surface area contributed by atoms with Crippen LogP contribution in [0.2, 0.25) is 0 Å². The molecule has 3 aromatic rings. The SMILES string of the molecule is CCCN(C(=O)C1(c2ccccc2)CCN(c2cnnc(-c3ccccc3OCOC)c2)CC1)C1CCN(C(=O)OC(C)(C)C)CC1. The van der Waals surface area contributed by atoms with E-state index in [-0.39, 0.29) is 24.8 Å². The molecule has 0 atom stereocenters. The first-order chi connectivity index (χ1) is 22.6. The molecule has 2 amide bonds. The number of piperidine rings is 2. The van der Waals surface area contributed by atoms with Crippen LogP contribution in [0.5, 0.6) is 5.75 Å². The summed E-state index contributed by atoms with van der Waals surface area (Å²) in [4.78, 5) is 33.8. The van der Waals surface area contributed by atoms with Gasteiger partial charge in [0.25, 0.3) is 0 Å². The van der Waals surface area contributed by atoms with Crippen LogP contribution in [-0.4, -0.2) is 90.3 Å². The number of para-hydroxylation sites is 1. The van der Waals surface area contributed by atoms with Crippen molar-refractivity contribution in [2.24, 2.45) is 0 Å². The molecular formula is C37H49N5O5. The molecular weight excluding hydrogens is 594 g/mol. The minimum absolute atomic E-state index is 0.0760. The molecule has 2 fully saturated rings. The summed E-state index contributed by atoms with van der Waals surface area (Å²) >= 11 is 0. The van der Waals surface area contributed by atoms with Gasteiger partial charge in [0.05, 0.1) is 23.0 Å². The zero-order chi connectivity index (χ0) is 33.4. The first-order valence-electron chi connectivity index (χ1n) is 16.8. The molecule has 2 aliphatic rings. The first kappa shape index (κ1) is 34.2. The average Bonchev–Trinajstić information content (AvgIpc) is 3.09. The summed E-state index contributed by atoms with van der Waals surface area (Å²) in [6.45, 7) is 11.2. The fourth-order valence-electron chi connectivity index (χ4n) is 6.77. The van der Waals surface area contributed by atoms with Crippen LogP contribution >= 0.6 is 0 Å². The fraction of sp³-hybridized carbons (Fsp3) is 0.514. The van der Waals surface area contributed by atoms with Crippen LogP contribution in [0, 0.1) is 0 Å². The Labute approximate surface area is 279 Å². The maximum Gasteiger partial charge on any atom is 0.410 e. The van der Waals surface area contributed by atoms with Crippen LogP contribution in [-0.2, 0) is 19.7 Å². The van der Waals surface area contributed by atoms with Crippen molar-refractivity contribution < 1.29 is 23.8 Å². The zero-order valence-corrected chi connectivity index (χ0v) is 28.5. The number of benzene rings is 2. The van der Waals surface area contributed by atoms with Crippen LogP contribution in [0.15, 0.2) is 66.9 Å². The number of hydrogen-bond acceptors (Lipinski definition) is 8. The van der Waals surface area contributed by atoms with Gasteiger partial charge in [-0.1, -0.05) is 49.4 Å². The number of likely N-dealkylation sites (tertiary alicyclic amines) is 1. The lowest BCUT2D eigenvalue weighted by atomic mass is 9.71. The van der Waals surface area contributed by atoms with Crippen molar-refractivity contribution in [3.05, 3.63) is 72.4 Å². The van der Waals surface area contributed by atoms with Gasteiger partial charge in [0.2, 0.25) is 5.91 Å². The molecule has 0 bridgehead atoms. The molecule has 0 N–H and O–H groups in total. The van der Waals surface area contributed by atoms with Gasteiger partial charge in [-0.25, -0.2) is 4.79 Å². The smallest absolute Gasteiger partial charge is 0.410 e. The normalized spacial score (nSPS) is 16.9. The Hall–Kier alpha value is -4.18. The van der Waals surface area contributed by atoms with Crippen molar-refractivity contribution in [2.45, 2.75) is 76.9 Å². The highest BCUT2D eigenvalue weighted by Crippen LogP contribution is 2.40. The number of amides is 2. The molecule has 1 aromatic heterocycles. The maximum atomic E-state index is 14.9. The molecule has 0 radical (unpaired) electrons. The predicted molar refractivity (Wildman–Crippen MR) is 182 cm³/mol. The van der Waals surface area contributed by atoms with E-state index in [0.29, 0.717) is 51.3 Å². The van der Waals surface area contributed by atoms with Gasteiger partial charge in [0, 0.05) is 51.4 Å². The standard InChI is InChI=1S/C37H49N5O5/c1-6-20-42(29-16-21-41(22-17-29)35(44)47-36(2,3)4)34(43)37(28-12-8-7-9-13-28)18-23-40(24-19-37)30-25-32(39-38-26-30)31-14-10-11-15-33(31)46-27-45-5/h7-15,25-26,29H,6,16-24,27H2,1-5H3. The number of hydrogen-bond donors (Lipinski definition) is 0. The molecule has 0 saturated carbocycles. The third-order valence-corrected chi connectivity index (χ3v) is 9.14. The molecule has 2 aromatic carbocycles. The highest BCUT2D eigenvalue weighted by Gasteiger charge is 2.47. The van der Waals surface area contributed by atoms with Crippen LogP contribution in [0.3, 0.4) is 0 Å². The maximum absolute atomic E-state index is 14.9. The van der Waals surface area contributed by atoms with E-state index in [1.165, 1.54) is 0 Å². The van der Waals surface area contributed by atoms with Crippen LogP contribution in [0.25, 0.3) is 11.3 Å². The van der Waals surface area contributed by atoms with E-state index < -0.39 is 11.0 Å². The van der Waals surface area contributed by atoms with E-state index in [9.17, 15) is 9.59 Å². The summed E-state index contributed by atoms with van der Waals surface area (Å²) in [5.74, 6) is 0.875. The Bertz CT molecular complexity index is 1480. The number of anilines is 1.